The zero-order valence-electron chi connectivity index (χ0n) is 11.4. The molecule has 0 atom stereocenters. The summed E-state index contributed by atoms with van der Waals surface area (Å²) >= 11 is 5.86. The third-order valence-corrected chi connectivity index (χ3v) is 3.15. The summed E-state index contributed by atoms with van der Waals surface area (Å²) < 4.78 is 5.62. The molecule has 5 nitrogen and oxygen atoms in total. The zero-order chi connectivity index (χ0) is 15.6. The second-order valence-corrected chi connectivity index (χ2v) is 4.94. The van der Waals surface area contributed by atoms with Gasteiger partial charge in [-0.05, 0) is 49.7 Å². The second kappa shape index (κ2) is 5.93. The first-order chi connectivity index (χ1) is 9.88. The lowest BCUT2D eigenvalue weighted by molar-refractivity contribution is -0.385. The number of rotatable bonds is 4. The second-order valence-electron chi connectivity index (χ2n) is 4.50. The monoisotopic (exact) mass is 305 g/mol. The number of ketones is 1. The van der Waals surface area contributed by atoms with Gasteiger partial charge in [0, 0.05) is 5.02 Å². The van der Waals surface area contributed by atoms with Gasteiger partial charge in [0.2, 0.25) is 0 Å². The van der Waals surface area contributed by atoms with E-state index in [-0.39, 0.29) is 22.8 Å². The van der Waals surface area contributed by atoms with Crippen molar-refractivity contribution in [3.63, 3.8) is 0 Å². The number of Topliss-reactive ketones (excluding diaryl/α,β-unsaturated/α-hetero) is 1. The molecule has 108 valence electrons. The Kier molecular flexibility index (Phi) is 4.23. The number of hydrogen-bond donors (Lipinski definition) is 0. The number of carbonyl (C=O) groups excluding carboxylic acids is 1. The summed E-state index contributed by atoms with van der Waals surface area (Å²) in [6.45, 7) is 3.10. The van der Waals surface area contributed by atoms with Crippen LogP contribution < -0.4 is 4.74 Å². The topological polar surface area (TPSA) is 69.4 Å². The summed E-state index contributed by atoms with van der Waals surface area (Å²) in [5, 5.41) is 11.6. The highest BCUT2D eigenvalue weighted by molar-refractivity contribution is 6.30. The van der Waals surface area contributed by atoms with Crippen LogP contribution >= 0.6 is 11.6 Å². The van der Waals surface area contributed by atoms with Crippen molar-refractivity contribution >= 4 is 23.1 Å². The van der Waals surface area contributed by atoms with Crippen LogP contribution in [0.2, 0.25) is 5.02 Å². The van der Waals surface area contributed by atoms with E-state index < -0.39 is 4.92 Å². The van der Waals surface area contributed by atoms with Crippen molar-refractivity contribution in [2.45, 2.75) is 13.8 Å². The minimum atomic E-state index is -0.599. The molecule has 0 heterocycles. The van der Waals surface area contributed by atoms with Gasteiger partial charge in [-0.2, -0.15) is 0 Å². The number of ether oxygens (including phenoxy) is 1. The van der Waals surface area contributed by atoms with Crippen LogP contribution in [0.1, 0.15) is 22.8 Å². The SMILES string of the molecule is CC(=O)c1ccc(Oc2ccc(Cl)cc2C)cc1[N+](=O)[O-]. The molecule has 2 rings (SSSR count). The summed E-state index contributed by atoms with van der Waals surface area (Å²) in [6.07, 6.45) is 0. The average Bonchev–Trinajstić information content (AvgIpc) is 2.41. The van der Waals surface area contributed by atoms with Gasteiger partial charge in [-0.3, -0.25) is 14.9 Å². The highest BCUT2D eigenvalue weighted by Gasteiger charge is 2.18. The van der Waals surface area contributed by atoms with Gasteiger partial charge >= 0.3 is 0 Å². The van der Waals surface area contributed by atoms with Gasteiger partial charge in [-0.1, -0.05) is 11.6 Å². The molecule has 21 heavy (non-hydrogen) atoms. The lowest BCUT2D eigenvalue weighted by Crippen LogP contribution is -2.00. The first-order valence-corrected chi connectivity index (χ1v) is 6.49. The number of halogens is 1. The normalized spacial score (nSPS) is 10.2. The largest absolute Gasteiger partial charge is 0.457 e. The Morgan fingerprint density at radius 1 is 1.24 bits per heavy atom. The van der Waals surface area contributed by atoms with Crippen LogP contribution in [0.5, 0.6) is 11.5 Å². The van der Waals surface area contributed by atoms with Crippen LogP contribution in [0.25, 0.3) is 0 Å². The van der Waals surface area contributed by atoms with Crippen molar-refractivity contribution in [2.75, 3.05) is 0 Å². The van der Waals surface area contributed by atoms with Crippen LogP contribution in [-0.4, -0.2) is 10.7 Å². The molecule has 2 aromatic rings. The number of aryl methyl sites for hydroxylation is 1. The minimum absolute atomic E-state index is 0.0557. The third kappa shape index (κ3) is 3.38. The molecule has 0 aliphatic rings. The summed E-state index contributed by atoms with van der Waals surface area (Å²) in [5.74, 6) is 0.470. The molecule has 0 bridgehead atoms. The quantitative estimate of drug-likeness (QED) is 0.472. The van der Waals surface area contributed by atoms with Crippen LogP contribution in [0, 0.1) is 17.0 Å². The maximum atomic E-state index is 11.4. The molecule has 0 amide bonds. The maximum absolute atomic E-state index is 11.4. The Morgan fingerprint density at radius 3 is 2.52 bits per heavy atom. The maximum Gasteiger partial charge on any atom is 0.283 e. The first kappa shape index (κ1) is 15.0. The molecular formula is C15H12ClNO4. The van der Waals surface area contributed by atoms with Gasteiger partial charge in [0.05, 0.1) is 16.6 Å². The molecule has 0 aromatic heterocycles. The van der Waals surface area contributed by atoms with Crippen molar-refractivity contribution < 1.29 is 14.5 Å². The molecular weight excluding hydrogens is 294 g/mol. The zero-order valence-corrected chi connectivity index (χ0v) is 12.2. The number of nitro groups is 1. The fourth-order valence-electron chi connectivity index (χ4n) is 1.88. The van der Waals surface area contributed by atoms with Crippen LogP contribution in [0.3, 0.4) is 0 Å². The van der Waals surface area contributed by atoms with E-state index in [4.69, 9.17) is 16.3 Å². The van der Waals surface area contributed by atoms with Gasteiger partial charge in [-0.25, -0.2) is 0 Å². The first-order valence-electron chi connectivity index (χ1n) is 6.12. The molecule has 0 aliphatic carbocycles. The third-order valence-electron chi connectivity index (χ3n) is 2.91. The van der Waals surface area contributed by atoms with Gasteiger partial charge in [0.25, 0.3) is 5.69 Å². The van der Waals surface area contributed by atoms with Crippen molar-refractivity contribution in [1.29, 1.82) is 0 Å². The Hall–Kier alpha value is -2.40. The van der Waals surface area contributed by atoms with Crippen molar-refractivity contribution in [3.8, 4) is 11.5 Å². The minimum Gasteiger partial charge on any atom is -0.457 e. The number of benzene rings is 2. The molecule has 0 radical (unpaired) electrons. The Balaban J connectivity index is 2.39. The van der Waals surface area contributed by atoms with E-state index in [2.05, 4.69) is 0 Å². The summed E-state index contributed by atoms with van der Waals surface area (Å²) in [5.41, 5.74) is 0.590. The van der Waals surface area contributed by atoms with Gasteiger partial charge in [-0.15, -0.1) is 0 Å². The molecule has 0 fully saturated rings. The molecule has 0 saturated heterocycles. The number of nitrogens with zero attached hydrogens (tertiary/aromatic N) is 1. The van der Waals surface area contributed by atoms with E-state index in [1.807, 2.05) is 6.92 Å². The number of hydrogen-bond acceptors (Lipinski definition) is 4. The van der Waals surface area contributed by atoms with Crippen molar-refractivity contribution in [1.82, 2.24) is 0 Å². The van der Waals surface area contributed by atoms with E-state index in [0.29, 0.717) is 10.8 Å². The summed E-state index contributed by atoms with van der Waals surface area (Å²) in [6, 6.07) is 9.24. The predicted molar refractivity (Wildman–Crippen MR) is 79.4 cm³/mol. The lowest BCUT2D eigenvalue weighted by Gasteiger charge is -2.09. The molecule has 0 spiro atoms. The van der Waals surface area contributed by atoms with Gasteiger partial charge < -0.3 is 4.74 Å². The molecule has 0 N–H and O–H groups in total. The van der Waals surface area contributed by atoms with Crippen LogP contribution in [0.4, 0.5) is 5.69 Å². The lowest BCUT2D eigenvalue weighted by atomic mass is 10.1. The number of carbonyl (C=O) groups is 1. The van der Waals surface area contributed by atoms with E-state index in [1.54, 1.807) is 18.2 Å². The summed E-state index contributed by atoms with van der Waals surface area (Å²) in [4.78, 5) is 21.8. The van der Waals surface area contributed by atoms with E-state index >= 15 is 0 Å². The Morgan fingerprint density at radius 2 is 1.95 bits per heavy atom. The van der Waals surface area contributed by atoms with Crippen molar-refractivity contribution in [3.05, 3.63) is 62.7 Å². The smallest absolute Gasteiger partial charge is 0.283 e. The van der Waals surface area contributed by atoms with Crippen LogP contribution in [0.15, 0.2) is 36.4 Å². The van der Waals surface area contributed by atoms with Crippen LogP contribution in [-0.2, 0) is 0 Å². The van der Waals surface area contributed by atoms with Crippen molar-refractivity contribution in [2.24, 2.45) is 0 Å². The number of nitro benzene ring substituents is 1. The molecule has 0 aliphatic heterocycles. The molecule has 0 saturated carbocycles. The van der Waals surface area contributed by atoms with Gasteiger partial charge in [0.1, 0.15) is 11.5 Å². The standard InChI is InChI=1S/C15H12ClNO4/c1-9-7-11(16)3-6-15(9)21-12-4-5-13(10(2)18)14(8-12)17(19)20/h3-8H,1-2H3. The predicted octanol–water partition coefficient (Wildman–Crippen LogP) is 4.55. The summed E-state index contributed by atoms with van der Waals surface area (Å²) in [7, 11) is 0. The average molecular weight is 306 g/mol. The Bertz CT molecular complexity index is 728. The van der Waals surface area contributed by atoms with E-state index in [1.165, 1.54) is 25.1 Å². The van der Waals surface area contributed by atoms with Gasteiger partial charge in [0.15, 0.2) is 5.78 Å². The molecule has 6 heteroatoms. The highest BCUT2D eigenvalue weighted by atomic mass is 35.5. The highest BCUT2D eigenvalue weighted by Crippen LogP contribution is 2.31. The van der Waals surface area contributed by atoms with E-state index in [9.17, 15) is 14.9 Å². The fraction of sp³-hybridized carbons (Fsp3) is 0.133. The molecule has 2 aromatic carbocycles. The van der Waals surface area contributed by atoms with E-state index in [0.717, 1.165) is 5.56 Å². The Labute approximate surface area is 126 Å². The fourth-order valence-corrected chi connectivity index (χ4v) is 2.10. The molecule has 0 unspecified atom stereocenters.